The Balaban J connectivity index is 1.51. The van der Waals surface area contributed by atoms with Crippen LogP contribution >= 0.6 is 0 Å². The van der Waals surface area contributed by atoms with Crippen LogP contribution in [-0.2, 0) is 6.18 Å². The number of nitro groups is 1. The van der Waals surface area contributed by atoms with Crippen molar-refractivity contribution in [1.82, 2.24) is 9.97 Å². The highest BCUT2D eigenvalue weighted by molar-refractivity contribution is 6.01. The Hall–Kier alpha value is -4.87. The molecule has 0 saturated carbocycles. The van der Waals surface area contributed by atoms with Crippen LogP contribution in [0, 0.1) is 10.1 Å². The lowest BCUT2D eigenvalue weighted by Crippen LogP contribution is -2.20. The van der Waals surface area contributed by atoms with E-state index in [0.717, 1.165) is 35.9 Å². The summed E-state index contributed by atoms with van der Waals surface area (Å²) in [4.78, 5) is 30.3. The van der Waals surface area contributed by atoms with Gasteiger partial charge in [-0.25, -0.2) is 4.79 Å². The summed E-state index contributed by atoms with van der Waals surface area (Å²) < 4.78 is 43.9. The van der Waals surface area contributed by atoms with E-state index in [1.54, 1.807) is 30.7 Å². The molecule has 35 heavy (non-hydrogen) atoms. The van der Waals surface area contributed by atoms with Gasteiger partial charge in [0, 0.05) is 48.0 Å². The number of H-pyrrole nitrogens is 1. The van der Waals surface area contributed by atoms with Crippen LogP contribution in [0.3, 0.4) is 0 Å². The molecule has 0 unspecified atom stereocenters. The lowest BCUT2D eigenvalue weighted by molar-refractivity contribution is -0.383. The molecule has 0 atom stereocenters. The molecule has 2 amide bonds. The number of carbonyl (C=O) groups excluding carboxylic acids is 1. The van der Waals surface area contributed by atoms with Gasteiger partial charge < -0.3 is 20.4 Å². The molecule has 0 radical (unpaired) electrons. The molecule has 0 saturated heterocycles. The number of anilines is 2. The Kier molecular flexibility index (Phi) is 6.36. The van der Waals surface area contributed by atoms with Gasteiger partial charge in [-0.15, -0.1) is 0 Å². The maximum absolute atomic E-state index is 12.7. The number of aromatic amines is 1. The van der Waals surface area contributed by atoms with Crippen LogP contribution < -0.4 is 15.4 Å². The second kappa shape index (κ2) is 9.55. The Bertz CT molecular complexity index is 1360. The fraction of sp³-hybridized carbons (Fsp3) is 0.0435. The minimum Gasteiger partial charge on any atom is -0.457 e. The van der Waals surface area contributed by atoms with Crippen molar-refractivity contribution in [2.75, 3.05) is 10.6 Å². The Morgan fingerprint density at radius 3 is 2.40 bits per heavy atom. The van der Waals surface area contributed by atoms with E-state index in [0.29, 0.717) is 11.4 Å². The van der Waals surface area contributed by atoms with Crippen molar-refractivity contribution in [1.29, 1.82) is 0 Å². The second-order valence-electron chi connectivity index (χ2n) is 7.17. The summed E-state index contributed by atoms with van der Waals surface area (Å²) >= 11 is 0. The van der Waals surface area contributed by atoms with Crippen LogP contribution in [0.4, 0.5) is 35.0 Å². The van der Waals surface area contributed by atoms with E-state index in [4.69, 9.17) is 4.74 Å². The van der Waals surface area contributed by atoms with Crippen molar-refractivity contribution < 1.29 is 27.6 Å². The molecule has 4 aromatic rings. The lowest BCUT2D eigenvalue weighted by Gasteiger charge is -2.12. The van der Waals surface area contributed by atoms with E-state index >= 15 is 0 Å². The molecule has 4 rings (SSSR count). The van der Waals surface area contributed by atoms with Gasteiger partial charge in [0.2, 0.25) is 0 Å². The number of halogens is 3. The maximum Gasteiger partial charge on any atom is 0.416 e. The first-order valence-electron chi connectivity index (χ1n) is 10.00. The number of hydrogen-bond donors (Lipinski definition) is 3. The number of alkyl halides is 3. The monoisotopic (exact) mass is 483 g/mol. The molecule has 0 aliphatic carbocycles. The topological polar surface area (TPSA) is 122 Å². The highest BCUT2D eigenvalue weighted by Gasteiger charge is 2.30. The van der Waals surface area contributed by atoms with Gasteiger partial charge in [0.1, 0.15) is 17.2 Å². The van der Waals surface area contributed by atoms with Crippen LogP contribution in [0.25, 0.3) is 11.3 Å². The number of rotatable bonds is 6. The number of hydrogen-bond acceptors (Lipinski definition) is 5. The summed E-state index contributed by atoms with van der Waals surface area (Å²) in [6, 6.07) is 11.8. The molecule has 12 heteroatoms. The van der Waals surface area contributed by atoms with Crippen molar-refractivity contribution >= 4 is 23.1 Å². The van der Waals surface area contributed by atoms with E-state index in [1.165, 1.54) is 12.1 Å². The highest BCUT2D eigenvalue weighted by atomic mass is 19.4. The van der Waals surface area contributed by atoms with Crippen molar-refractivity contribution in [3.8, 4) is 22.8 Å². The SMILES string of the molecule is O=C(Nc1ccc(C(F)(F)F)cc1)Nc1cc(Oc2ccnc(-c3cc[nH]c3)c2)ccc1[N+](=O)[O-]. The predicted octanol–water partition coefficient (Wildman–Crippen LogP) is 6.44. The number of aromatic nitrogens is 2. The van der Waals surface area contributed by atoms with Crippen molar-refractivity contribution in [3.05, 3.63) is 94.9 Å². The fourth-order valence-electron chi connectivity index (χ4n) is 3.12. The summed E-state index contributed by atoms with van der Waals surface area (Å²) in [6.07, 6.45) is 0.530. The van der Waals surface area contributed by atoms with Gasteiger partial charge in [-0.3, -0.25) is 15.1 Å². The number of urea groups is 1. The smallest absolute Gasteiger partial charge is 0.416 e. The highest BCUT2D eigenvalue weighted by Crippen LogP contribution is 2.33. The van der Waals surface area contributed by atoms with Crippen LogP contribution in [-0.4, -0.2) is 20.9 Å². The quantitative estimate of drug-likeness (QED) is 0.215. The van der Waals surface area contributed by atoms with Crippen LogP contribution in [0.5, 0.6) is 11.5 Å². The molecule has 0 aliphatic rings. The summed E-state index contributed by atoms with van der Waals surface area (Å²) in [5.74, 6) is 0.608. The number of pyridine rings is 1. The molecule has 2 aromatic heterocycles. The van der Waals surface area contributed by atoms with Crippen molar-refractivity contribution in [3.63, 3.8) is 0 Å². The van der Waals surface area contributed by atoms with E-state index < -0.39 is 28.4 Å². The van der Waals surface area contributed by atoms with Gasteiger partial charge >= 0.3 is 12.2 Å². The lowest BCUT2D eigenvalue weighted by atomic mass is 10.2. The average Bonchev–Trinajstić information content (AvgIpc) is 3.34. The second-order valence-corrected chi connectivity index (χ2v) is 7.17. The van der Waals surface area contributed by atoms with E-state index in [1.807, 2.05) is 6.07 Å². The van der Waals surface area contributed by atoms with Crippen LogP contribution in [0.1, 0.15) is 5.56 Å². The van der Waals surface area contributed by atoms with E-state index in [-0.39, 0.29) is 17.1 Å². The van der Waals surface area contributed by atoms with Crippen molar-refractivity contribution in [2.45, 2.75) is 6.18 Å². The Morgan fingerprint density at radius 1 is 1.00 bits per heavy atom. The third-order valence-corrected chi connectivity index (χ3v) is 4.74. The van der Waals surface area contributed by atoms with Gasteiger partial charge in [-0.2, -0.15) is 13.2 Å². The minimum atomic E-state index is -4.51. The largest absolute Gasteiger partial charge is 0.457 e. The predicted molar refractivity (Wildman–Crippen MR) is 121 cm³/mol. The number of amides is 2. The summed E-state index contributed by atoms with van der Waals surface area (Å²) in [5.41, 5.74) is 0.0974. The molecule has 2 aromatic carbocycles. The number of ether oxygens (including phenoxy) is 1. The number of nitrogens with zero attached hydrogens (tertiary/aromatic N) is 2. The first-order valence-corrected chi connectivity index (χ1v) is 10.00. The van der Waals surface area contributed by atoms with Gasteiger partial charge in [-0.05, 0) is 42.5 Å². The molecule has 3 N–H and O–H groups in total. The minimum absolute atomic E-state index is 0.0691. The summed E-state index contributed by atoms with van der Waals surface area (Å²) in [6.45, 7) is 0. The molecule has 0 aliphatic heterocycles. The normalized spacial score (nSPS) is 11.1. The molecule has 0 spiro atoms. The zero-order valence-electron chi connectivity index (χ0n) is 17.7. The first-order chi connectivity index (χ1) is 16.7. The van der Waals surface area contributed by atoms with E-state index in [2.05, 4.69) is 20.6 Å². The molecule has 178 valence electrons. The zero-order valence-corrected chi connectivity index (χ0v) is 17.7. The zero-order chi connectivity index (χ0) is 25.0. The van der Waals surface area contributed by atoms with Crippen LogP contribution in [0.15, 0.2) is 79.3 Å². The van der Waals surface area contributed by atoms with E-state index in [9.17, 15) is 28.1 Å². The third kappa shape index (κ3) is 5.74. The molecule has 9 nitrogen and oxygen atoms in total. The van der Waals surface area contributed by atoms with Gasteiger partial charge in [0.15, 0.2) is 0 Å². The molecular weight excluding hydrogens is 467 g/mol. The van der Waals surface area contributed by atoms with Gasteiger partial charge in [0.05, 0.1) is 16.2 Å². The Morgan fingerprint density at radius 2 is 1.74 bits per heavy atom. The van der Waals surface area contributed by atoms with Gasteiger partial charge in [-0.1, -0.05) is 0 Å². The number of carbonyl (C=O) groups is 1. The maximum atomic E-state index is 12.7. The molecule has 2 heterocycles. The molecule has 0 fully saturated rings. The standard InChI is InChI=1S/C23H16F3N5O4/c24-23(25,26)15-1-3-16(4-2-15)29-22(32)30-20-12-17(5-6-21(20)31(33)34)35-18-8-10-28-19(11-18)14-7-9-27-13-14/h1-13,27H,(H2,29,30,32). The molecular formula is C23H16F3N5O4. The first kappa shape index (κ1) is 23.3. The van der Waals surface area contributed by atoms with Crippen LogP contribution in [0.2, 0.25) is 0 Å². The number of benzene rings is 2. The average molecular weight is 483 g/mol. The number of nitro benzene ring substituents is 1. The summed E-state index contributed by atoms with van der Waals surface area (Å²) in [7, 11) is 0. The Labute approximate surface area is 195 Å². The third-order valence-electron chi connectivity index (χ3n) is 4.74. The van der Waals surface area contributed by atoms with Gasteiger partial charge in [0.25, 0.3) is 5.69 Å². The summed E-state index contributed by atoms with van der Waals surface area (Å²) in [5, 5.41) is 16.1. The molecule has 0 bridgehead atoms. The fourth-order valence-corrected chi connectivity index (χ4v) is 3.12. The van der Waals surface area contributed by atoms with Crippen molar-refractivity contribution in [2.24, 2.45) is 0 Å². The number of nitrogens with one attached hydrogen (secondary N) is 3.